The third-order valence-corrected chi connectivity index (χ3v) is 5.12. The molecule has 124 valence electrons. The smallest absolute Gasteiger partial charge is 0.144 e. The molecule has 0 saturated carbocycles. The molecule has 3 rings (SSSR count). The topological polar surface area (TPSA) is 23.8 Å². The molecule has 3 heteroatoms. The molecule has 0 fully saturated rings. The molecule has 0 amide bonds. The standard InChI is InChI=1S/C21H21F2N/c1-2-14-3-6-16(20(22)12-14)7-4-15-5-10-19-17(11-15)8-9-18(13-24)21(19)23/h3,6,8-9,12,15H,2,4-5,7,10-11H2,1H3. The van der Waals surface area contributed by atoms with Crippen molar-refractivity contribution >= 4 is 0 Å². The van der Waals surface area contributed by atoms with Crippen LogP contribution in [0.25, 0.3) is 0 Å². The molecule has 0 heterocycles. The molecule has 0 spiro atoms. The molecular formula is C21H21F2N. The number of nitriles is 1. The van der Waals surface area contributed by atoms with Crippen molar-refractivity contribution in [3.63, 3.8) is 0 Å². The first kappa shape index (κ1) is 16.6. The van der Waals surface area contributed by atoms with Crippen molar-refractivity contribution in [3.05, 3.63) is 69.8 Å². The molecule has 1 atom stereocenters. The summed E-state index contributed by atoms with van der Waals surface area (Å²) in [6.45, 7) is 2.02. The zero-order valence-corrected chi connectivity index (χ0v) is 13.9. The van der Waals surface area contributed by atoms with Crippen LogP contribution in [0.5, 0.6) is 0 Å². The van der Waals surface area contributed by atoms with Crippen molar-refractivity contribution in [1.29, 1.82) is 5.26 Å². The lowest BCUT2D eigenvalue weighted by atomic mass is 9.80. The Bertz CT molecular complexity index is 789. The van der Waals surface area contributed by atoms with Crippen molar-refractivity contribution in [2.75, 3.05) is 0 Å². The van der Waals surface area contributed by atoms with Gasteiger partial charge in [-0.15, -0.1) is 0 Å². The molecule has 0 N–H and O–H groups in total. The number of rotatable bonds is 4. The number of hydrogen-bond donors (Lipinski definition) is 0. The maximum Gasteiger partial charge on any atom is 0.144 e. The van der Waals surface area contributed by atoms with Gasteiger partial charge in [-0.25, -0.2) is 8.78 Å². The number of benzene rings is 2. The van der Waals surface area contributed by atoms with Gasteiger partial charge in [-0.1, -0.05) is 25.1 Å². The van der Waals surface area contributed by atoms with Crippen molar-refractivity contribution in [1.82, 2.24) is 0 Å². The Morgan fingerprint density at radius 2 is 2.04 bits per heavy atom. The van der Waals surface area contributed by atoms with Crippen molar-refractivity contribution < 1.29 is 8.78 Å². The van der Waals surface area contributed by atoms with Gasteiger partial charge in [-0.3, -0.25) is 0 Å². The Kier molecular flexibility index (Phi) is 4.94. The predicted molar refractivity (Wildman–Crippen MR) is 90.7 cm³/mol. The Morgan fingerprint density at radius 1 is 1.21 bits per heavy atom. The summed E-state index contributed by atoms with van der Waals surface area (Å²) in [6, 6.07) is 10.9. The van der Waals surface area contributed by atoms with Crippen LogP contribution in [0.2, 0.25) is 0 Å². The van der Waals surface area contributed by atoms with Gasteiger partial charge in [0.25, 0.3) is 0 Å². The van der Waals surface area contributed by atoms with Gasteiger partial charge in [0.15, 0.2) is 0 Å². The summed E-state index contributed by atoms with van der Waals surface area (Å²) < 4.78 is 28.3. The van der Waals surface area contributed by atoms with E-state index in [-0.39, 0.29) is 17.2 Å². The third-order valence-electron chi connectivity index (χ3n) is 5.12. The van der Waals surface area contributed by atoms with Crippen LogP contribution in [0.1, 0.15) is 47.6 Å². The van der Waals surface area contributed by atoms with E-state index in [9.17, 15) is 8.78 Å². The van der Waals surface area contributed by atoms with Gasteiger partial charge < -0.3 is 0 Å². The lowest BCUT2D eigenvalue weighted by Crippen LogP contribution is -2.17. The van der Waals surface area contributed by atoms with Gasteiger partial charge in [0.05, 0.1) is 5.56 Å². The normalized spacial score (nSPS) is 16.5. The van der Waals surface area contributed by atoms with Crippen LogP contribution in [-0.4, -0.2) is 0 Å². The maximum absolute atomic E-state index is 14.2. The SMILES string of the molecule is CCc1ccc(CCC2CCc3c(ccc(C#N)c3F)C2)c(F)c1. The minimum Gasteiger partial charge on any atom is -0.207 e. The highest BCUT2D eigenvalue weighted by Gasteiger charge is 2.23. The Hall–Kier alpha value is -2.21. The second kappa shape index (κ2) is 7.13. The summed E-state index contributed by atoms with van der Waals surface area (Å²) in [5, 5.41) is 8.92. The molecule has 1 aliphatic carbocycles. The van der Waals surface area contributed by atoms with E-state index < -0.39 is 0 Å². The number of nitrogens with zero attached hydrogens (tertiary/aromatic N) is 1. The van der Waals surface area contributed by atoms with Crippen LogP contribution < -0.4 is 0 Å². The Morgan fingerprint density at radius 3 is 2.75 bits per heavy atom. The summed E-state index contributed by atoms with van der Waals surface area (Å²) in [6.07, 6.45) is 4.84. The van der Waals surface area contributed by atoms with Crippen molar-refractivity contribution in [3.8, 4) is 6.07 Å². The molecule has 0 aliphatic heterocycles. The van der Waals surface area contributed by atoms with E-state index in [4.69, 9.17) is 5.26 Å². The van der Waals surface area contributed by atoms with Crippen LogP contribution in [0.4, 0.5) is 8.78 Å². The van der Waals surface area contributed by atoms with Crippen molar-refractivity contribution in [2.45, 2.75) is 45.4 Å². The second-order valence-corrected chi connectivity index (χ2v) is 6.60. The Labute approximate surface area is 141 Å². The molecular weight excluding hydrogens is 304 g/mol. The molecule has 2 aromatic carbocycles. The van der Waals surface area contributed by atoms with Crippen LogP contribution in [0, 0.1) is 28.9 Å². The largest absolute Gasteiger partial charge is 0.207 e. The highest BCUT2D eigenvalue weighted by Crippen LogP contribution is 2.31. The van der Waals surface area contributed by atoms with Gasteiger partial charge in [0, 0.05) is 0 Å². The first-order valence-electron chi connectivity index (χ1n) is 8.60. The molecule has 1 nitrogen and oxygen atoms in total. The van der Waals surface area contributed by atoms with E-state index in [1.165, 1.54) is 0 Å². The second-order valence-electron chi connectivity index (χ2n) is 6.60. The van der Waals surface area contributed by atoms with E-state index in [2.05, 4.69) is 0 Å². The zero-order valence-electron chi connectivity index (χ0n) is 13.9. The lowest BCUT2D eigenvalue weighted by molar-refractivity contribution is 0.415. The predicted octanol–water partition coefficient (Wildman–Crippen LogP) is 5.14. The quantitative estimate of drug-likeness (QED) is 0.764. The molecule has 2 aromatic rings. The van der Waals surface area contributed by atoms with Crippen LogP contribution in [0.15, 0.2) is 30.3 Å². The van der Waals surface area contributed by atoms with E-state index in [1.807, 2.05) is 31.2 Å². The van der Waals surface area contributed by atoms with Crippen LogP contribution in [-0.2, 0) is 25.7 Å². The van der Waals surface area contributed by atoms with Crippen LogP contribution in [0.3, 0.4) is 0 Å². The first-order chi connectivity index (χ1) is 11.6. The van der Waals surface area contributed by atoms with Gasteiger partial charge in [0.2, 0.25) is 0 Å². The average molecular weight is 325 g/mol. The minimum absolute atomic E-state index is 0.115. The Balaban J connectivity index is 1.67. The number of aryl methyl sites for hydroxylation is 2. The maximum atomic E-state index is 14.2. The first-order valence-corrected chi connectivity index (χ1v) is 8.60. The average Bonchev–Trinajstić information content (AvgIpc) is 2.61. The van der Waals surface area contributed by atoms with Gasteiger partial charge in [-0.05, 0) is 78.8 Å². The number of hydrogen-bond acceptors (Lipinski definition) is 1. The summed E-state index contributed by atoms with van der Waals surface area (Å²) >= 11 is 0. The van der Waals surface area contributed by atoms with Crippen molar-refractivity contribution in [2.24, 2.45) is 5.92 Å². The highest BCUT2D eigenvalue weighted by atomic mass is 19.1. The van der Waals surface area contributed by atoms with Gasteiger partial charge in [-0.2, -0.15) is 5.26 Å². The summed E-state index contributed by atoms with van der Waals surface area (Å²) in [4.78, 5) is 0. The van der Waals surface area contributed by atoms with E-state index in [1.54, 1.807) is 12.1 Å². The third kappa shape index (κ3) is 3.33. The van der Waals surface area contributed by atoms with Gasteiger partial charge in [0.1, 0.15) is 17.7 Å². The molecule has 1 unspecified atom stereocenters. The summed E-state index contributed by atoms with van der Waals surface area (Å²) in [7, 11) is 0. The minimum atomic E-state index is -0.352. The molecule has 24 heavy (non-hydrogen) atoms. The fourth-order valence-electron chi connectivity index (χ4n) is 3.59. The lowest BCUT2D eigenvalue weighted by Gasteiger charge is -2.25. The summed E-state index contributed by atoms with van der Waals surface area (Å²) in [5.74, 6) is -0.0278. The van der Waals surface area contributed by atoms with Gasteiger partial charge >= 0.3 is 0 Å². The number of halogens is 2. The zero-order chi connectivity index (χ0) is 17.1. The van der Waals surface area contributed by atoms with Crippen LogP contribution >= 0.6 is 0 Å². The summed E-state index contributed by atoms with van der Waals surface area (Å²) in [5.41, 5.74) is 3.62. The molecule has 1 aliphatic rings. The fraction of sp³-hybridized carbons (Fsp3) is 0.381. The monoisotopic (exact) mass is 325 g/mol. The fourth-order valence-corrected chi connectivity index (χ4v) is 3.59. The molecule has 0 aromatic heterocycles. The van der Waals surface area contributed by atoms with E-state index in [0.717, 1.165) is 42.4 Å². The molecule has 0 bridgehead atoms. The highest BCUT2D eigenvalue weighted by molar-refractivity contribution is 5.41. The molecule has 0 saturated heterocycles. The van der Waals surface area contributed by atoms with E-state index >= 15 is 0 Å². The van der Waals surface area contributed by atoms with E-state index in [0.29, 0.717) is 24.3 Å². The molecule has 0 radical (unpaired) electrons. The number of fused-ring (bicyclic) bond motifs is 1.